The highest BCUT2D eigenvalue weighted by Crippen LogP contribution is 1.89. The minimum atomic E-state index is 1.05. The van der Waals surface area contributed by atoms with Crippen LogP contribution >= 0.6 is 0 Å². The molecule has 0 heterocycles. The molecule has 0 aliphatic heterocycles. The minimum absolute atomic E-state index is 1.05. The summed E-state index contributed by atoms with van der Waals surface area (Å²) in [5.74, 6) is 0. The lowest BCUT2D eigenvalue weighted by Crippen LogP contribution is -2.45. The summed E-state index contributed by atoms with van der Waals surface area (Å²) in [7, 11) is 6.39. The molecule has 0 amide bonds. The number of hydrogen-bond donors (Lipinski definition) is 1. The molecule has 0 rings (SSSR count). The van der Waals surface area contributed by atoms with Crippen molar-refractivity contribution in [1.29, 1.82) is 0 Å². The number of rotatable bonds is 3. The molecule has 0 aromatic carbocycles. The zero-order valence-corrected chi connectivity index (χ0v) is 6.36. The first kappa shape index (κ1) is 7.92. The predicted octanol–water partition coefficient (Wildman–Crippen LogP) is 0.260. The van der Waals surface area contributed by atoms with E-state index in [4.69, 9.17) is 0 Å². The lowest BCUT2D eigenvalue weighted by atomic mass is 10.5. The molecule has 0 aliphatic carbocycles. The van der Waals surface area contributed by atoms with E-state index in [0.29, 0.717) is 0 Å². The Kier molecular flexibility index (Phi) is 3.02. The Bertz CT molecular complexity index is 59.5. The van der Waals surface area contributed by atoms with Crippen LogP contribution in [0.15, 0.2) is 0 Å². The maximum absolute atomic E-state index is 3.13. The van der Waals surface area contributed by atoms with Gasteiger partial charge in [-0.3, -0.25) is 5.32 Å². The van der Waals surface area contributed by atoms with E-state index in [9.17, 15) is 0 Å². The zero-order valence-electron chi connectivity index (χ0n) is 6.36. The van der Waals surface area contributed by atoms with Gasteiger partial charge >= 0.3 is 0 Å². The summed E-state index contributed by atoms with van der Waals surface area (Å²) in [4.78, 5) is 0. The van der Waals surface area contributed by atoms with Gasteiger partial charge in [-0.25, -0.2) is 0 Å². The number of nitrogens with one attached hydrogen (secondary N) is 1. The normalized spacial score (nSPS) is 12.0. The molecule has 0 saturated heterocycles. The van der Waals surface area contributed by atoms with Crippen molar-refractivity contribution in [2.24, 2.45) is 0 Å². The smallest absolute Gasteiger partial charge is 0.131 e. The van der Waals surface area contributed by atoms with Gasteiger partial charge in [0, 0.05) is 0 Å². The Balaban J connectivity index is 3.37. The fraction of sp³-hybridized carbons (Fsp3) is 1.00. The summed E-state index contributed by atoms with van der Waals surface area (Å²) in [6.45, 7) is 4.43. The molecule has 50 valence electrons. The summed E-state index contributed by atoms with van der Waals surface area (Å²) in [5.41, 5.74) is 0. The number of nitrogens with zero attached hydrogens (tertiary/aromatic N) is 1. The van der Waals surface area contributed by atoms with Gasteiger partial charge in [0.25, 0.3) is 0 Å². The summed E-state index contributed by atoms with van der Waals surface area (Å²) in [5, 5.41) is 3.13. The fourth-order valence-corrected chi connectivity index (χ4v) is 0.540. The van der Waals surface area contributed by atoms with Crippen LogP contribution in [0.25, 0.3) is 0 Å². The van der Waals surface area contributed by atoms with Gasteiger partial charge in [-0.05, 0) is 14.0 Å². The summed E-state index contributed by atoms with van der Waals surface area (Å²) in [6, 6.07) is 0. The van der Waals surface area contributed by atoms with E-state index in [-0.39, 0.29) is 0 Å². The molecule has 2 nitrogen and oxygen atoms in total. The van der Waals surface area contributed by atoms with Crippen LogP contribution in [0, 0.1) is 0 Å². The molecule has 2 heteroatoms. The van der Waals surface area contributed by atoms with Gasteiger partial charge in [0.15, 0.2) is 0 Å². The first-order valence-electron chi connectivity index (χ1n) is 3.09. The molecule has 0 aromatic heterocycles. The van der Waals surface area contributed by atoms with Crippen LogP contribution in [0.1, 0.15) is 6.92 Å². The third kappa shape index (κ3) is 2.99. The molecular formula is C6H17N2+. The molecule has 0 aliphatic rings. The van der Waals surface area contributed by atoms with Crippen LogP contribution in [0.3, 0.4) is 0 Å². The molecular weight excluding hydrogens is 100 g/mol. The Morgan fingerprint density at radius 2 is 1.88 bits per heavy atom. The van der Waals surface area contributed by atoms with E-state index < -0.39 is 0 Å². The highest BCUT2D eigenvalue weighted by atomic mass is 15.4. The summed E-state index contributed by atoms with van der Waals surface area (Å²) < 4.78 is 1.05. The first-order chi connectivity index (χ1) is 3.62. The van der Waals surface area contributed by atoms with Gasteiger partial charge in [-0.1, -0.05) is 0 Å². The third-order valence-corrected chi connectivity index (χ3v) is 1.44. The third-order valence-electron chi connectivity index (χ3n) is 1.44. The van der Waals surface area contributed by atoms with E-state index in [0.717, 1.165) is 11.2 Å². The standard InChI is InChI=1S/C6H17N2/c1-5-8(3,4)6-7-2/h7H,5-6H2,1-4H3/q+1. The highest BCUT2D eigenvalue weighted by molar-refractivity contribution is 4.21. The van der Waals surface area contributed by atoms with Crippen LogP contribution in [-0.2, 0) is 0 Å². The Morgan fingerprint density at radius 3 is 2.00 bits per heavy atom. The lowest BCUT2D eigenvalue weighted by molar-refractivity contribution is -0.890. The van der Waals surface area contributed by atoms with Crippen molar-refractivity contribution in [2.75, 3.05) is 34.4 Å². The van der Waals surface area contributed by atoms with E-state index in [2.05, 4.69) is 26.3 Å². The van der Waals surface area contributed by atoms with Gasteiger partial charge in [-0.15, -0.1) is 0 Å². The van der Waals surface area contributed by atoms with Gasteiger partial charge in [-0.2, -0.15) is 0 Å². The molecule has 1 N–H and O–H groups in total. The van der Waals surface area contributed by atoms with Crippen molar-refractivity contribution in [3.63, 3.8) is 0 Å². The van der Waals surface area contributed by atoms with Gasteiger partial charge < -0.3 is 4.48 Å². The summed E-state index contributed by atoms with van der Waals surface area (Å²) in [6.07, 6.45) is 0. The second-order valence-electron chi connectivity index (χ2n) is 2.76. The predicted molar refractivity (Wildman–Crippen MR) is 36.6 cm³/mol. The Morgan fingerprint density at radius 1 is 1.38 bits per heavy atom. The van der Waals surface area contributed by atoms with Gasteiger partial charge in [0.1, 0.15) is 6.67 Å². The van der Waals surface area contributed by atoms with Gasteiger partial charge in [0.05, 0.1) is 20.6 Å². The monoisotopic (exact) mass is 117 g/mol. The maximum atomic E-state index is 3.13. The van der Waals surface area contributed by atoms with Crippen molar-refractivity contribution in [3.05, 3.63) is 0 Å². The van der Waals surface area contributed by atoms with Crippen molar-refractivity contribution >= 4 is 0 Å². The zero-order chi connectivity index (χ0) is 6.62. The van der Waals surface area contributed by atoms with Crippen LogP contribution < -0.4 is 5.32 Å². The summed E-state index contributed by atoms with van der Waals surface area (Å²) >= 11 is 0. The minimum Gasteiger partial charge on any atom is -0.316 e. The maximum Gasteiger partial charge on any atom is 0.131 e. The fourth-order valence-electron chi connectivity index (χ4n) is 0.540. The highest BCUT2D eigenvalue weighted by Gasteiger charge is 2.07. The van der Waals surface area contributed by atoms with Crippen molar-refractivity contribution in [2.45, 2.75) is 6.92 Å². The molecule has 0 radical (unpaired) electrons. The Labute approximate surface area is 52.1 Å². The molecule has 0 unspecified atom stereocenters. The van der Waals surface area contributed by atoms with Crippen molar-refractivity contribution in [3.8, 4) is 0 Å². The van der Waals surface area contributed by atoms with Crippen molar-refractivity contribution < 1.29 is 4.48 Å². The van der Waals surface area contributed by atoms with E-state index >= 15 is 0 Å². The molecule has 0 bridgehead atoms. The van der Waals surface area contributed by atoms with E-state index in [1.165, 1.54) is 6.54 Å². The lowest BCUT2D eigenvalue weighted by Gasteiger charge is -2.27. The molecule has 0 saturated carbocycles. The van der Waals surface area contributed by atoms with E-state index in [1.807, 2.05) is 7.05 Å². The quantitative estimate of drug-likeness (QED) is 0.413. The average Bonchev–Trinajstić information content (AvgIpc) is 1.67. The number of quaternary nitrogens is 1. The molecule has 8 heavy (non-hydrogen) atoms. The Hall–Kier alpha value is -0.0800. The molecule has 0 fully saturated rings. The van der Waals surface area contributed by atoms with Crippen LogP contribution in [-0.4, -0.2) is 38.8 Å². The number of hydrogen-bond acceptors (Lipinski definition) is 1. The second-order valence-corrected chi connectivity index (χ2v) is 2.76. The molecule has 0 aromatic rings. The SMILES string of the molecule is CC[N+](C)(C)CNC. The second kappa shape index (κ2) is 3.05. The van der Waals surface area contributed by atoms with Crippen LogP contribution in [0.4, 0.5) is 0 Å². The van der Waals surface area contributed by atoms with E-state index in [1.54, 1.807) is 0 Å². The molecule has 0 spiro atoms. The van der Waals surface area contributed by atoms with Crippen molar-refractivity contribution in [1.82, 2.24) is 5.32 Å². The van der Waals surface area contributed by atoms with Crippen LogP contribution in [0.2, 0.25) is 0 Å². The van der Waals surface area contributed by atoms with Gasteiger partial charge in [0.2, 0.25) is 0 Å². The first-order valence-corrected chi connectivity index (χ1v) is 3.09. The largest absolute Gasteiger partial charge is 0.316 e. The van der Waals surface area contributed by atoms with Crippen LogP contribution in [0.5, 0.6) is 0 Å². The average molecular weight is 117 g/mol. The topological polar surface area (TPSA) is 12.0 Å². The molecule has 0 atom stereocenters.